The van der Waals surface area contributed by atoms with Gasteiger partial charge in [0.25, 0.3) is 0 Å². The molecule has 2 aliphatic rings. The van der Waals surface area contributed by atoms with E-state index in [-0.39, 0.29) is 22.3 Å². The number of alkyl halides is 4. The monoisotopic (exact) mass is 606 g/mol. The fourth-order valence-electron chi connectivity index (χ4n) is 4.91. The van der Waals surface area contributed by atoms with Gasteiger partial charge in [0.05, 0.1) is 36.1 Å². The number of benzene rings is 2. The van der Waals surface area contributed by atoms with Crippen LogP contribution in [0.2, 0.25) is 0 Å². The first-order valence-electron chi connectivity index (χ1n) is 11.4. The molecule has 6 atom stereocenters. The van der Waals surface area contributed by atoms with E-state index < -0.39 is 54.6 Å². The zero-order chi connectivity index (χ0) is 28.6. The molecular weight excluding hydrogens is 590 g/mol. The zero-order valence-electron chi connectivity index (χ0n) is 19.8. The first-order chi connectivity index (χ1) is 18.3. The Kier molecular flexibility index (Phi) is 7.70. The molecule has 0 spiro atoms. The van der Waals surface area contributed by atoms with Crippen molar-refractivity contribution in [2.45, 2.75) is 44.8 Å². The predicted octanol–water partition coefficient (Wildman–Crippen LogP) is 6.10. The highest BCUT2D eigenvalue weighted by atomic mass is 35.5. The number of nitro groups is 2. The fourth-order valence-corrected chi connectivity index (χ4v) is 6.60. The van der Waals surface area contributed by atoms with E-state index in [9.17, 15) is 30.8 Å². The molecule has 9 nitrogen and oxygen atoms in total. The molecule has 39 heavy (non-hydrogen) atoms. The molecule has 200 valence electrons. The topological polar surface area (TPSA) is 143 Å². The molecule has 2 aromatic carbocycles. The summed E-state index contributed by atoms with van der Waals surface area (Å²) in [6.45, 7) is 0. The molecule has 0 radical (unpaired) electrons. The number of nitriles is 2. The summed E-state index contributed by atoms with van der Waals surface area (Å²) in [6, 6.07) is 16.6. The molecule has 0 heterocycles. The van der Waals surface area contributed by atoms with Crippen molar-refractivity contribution in [1.29, 1.82) is 10.5 Å². The van der Waals surface area contributed by atoms with Gasteiger partial charge in [-0.2, -0.15) is 10.5 Å². The van der Waals surface area contributed by atoms with Crippen LogP contribution in [0.25, 0.3) is 0 Å². The average molecular weight is 608 g/mol. The normalized spacial score (nSPS) is 33.6. The molecular formula is C26H18Cl4N4O5. The summed E-state index contributed by atoms with van der Waals surface area (Å²) in [6.07, 6.45) is 1.68. The van der Waals surface area contributed by atoms with Gasteiger partial charge < -0.3 is 4.74 Å². The van der Waals surface area contributed by atoms with E-state index in [0.717, 1.165) is 12.2 Å². The van der Waals surface area contributed by atoms with E-state index in [1.807, 2.05) is 12.1 Å². The molecule has 0 saturated heterocycles. The number of ether oxygens (including phenoxy) is 1. The van der Waals surface area contributed by atoms with Crippen molar-refractivity contribution in [3.8, 4) is 12.1 Å². The van der Waals surface area contributed by atoms with E-state index in [0.29, 0.717) is 0 Å². The Morgan fingerprint density at radius 2 is 1.10 bits per heavy atom. The smallest absolute Gasteiger partial charge is 0.315 e. The van der Waals surface area contributed by atoms with Crippen LogP contribution in [0.1, 0.15) is 35.1 Å². The minimum absolute atomic E-state index is 0.151. The summed E-state index contributed by atoms with van der Waals surface area (Å²) < 4.78 is 6.40. The van der Waals surface area contributed by atoms with Crippen molar-refractivity contribution < 1.29 is 14.6 Å². The highest BCUT2D eigenvalue weighted by molar-refractivity contribution is 6.29. The molecule has 0 bridgehead atoms. The zero-order valence-corrected chi connectivity index (χ0v) is 22.9. The van der Waals surface area contributed by atoms with E-state index in [1.54, 1.807) is 36.4 Å². The fraction of sp³-hybridized carbons (Fsp3) is 0.308. The number of rotatable bonds is 6. The molecule has 2 aliphatic carbocycles. The van der Waals surface area contributed by atoms with Gasteiger partial charge in [-0.25, -0.2) is 0 Å². The van der Waals surface area contributed by atoms with Crippen molar-refractivity contribution in [2.24, 2.45) is 0 Å². The van der Waals surface area contributed by atoms with E-state index in [1.165, 1.54) is 24.3 Å². The van der Waals surface area contributed by atoms with E-state index in [4.69, 9.17) is 51.1 Å². The van der Waals surface area contributed by atoms with Crippen LogP contribution in [-0.4, -0.2) is 32.1 Å². The number of nitrogens with zero attached hydrogens (tertiary/aromatic N) is 4. The lowest BCUT2D eigenvalue weighted by atomic mass is 9.78. The summed E-state index contributed by atoms with van der Waals surface area (Å²) in [5, 5.41) is 43.2. The second kappa shape index (κ2) is 10.4. The molecule has 0 aliphatic heterocycles. The highest BCUT2D eigenvalue weighted by Gasteiger charge is 2.59. The van der Waals surface area contributed by atoms with E-state index in [2.05, 4.69) is 0 Å². The summed E-state index contributed by atoms with van der Waals surface area (Å²) in [5.74, 6) is 0. The standard InChI is InChI=1S/C26H18Cl4N4O5/c27-23(33(35)36)11-9-21(25(29,15-23)19-7-3-1-5-17(19)13-31)39-22-10-12-24(28,34(37)38)16-26(22,30)20-8-4-2-6-18(20)14-32/h1-12,21-22H,15-16H2. The molecule has 13 heteroatoms. The van der Waals surface area contributed by atoms with Crippen molar-refractivity contribution in [2.75, 3.05) is 0 Å². The Morgan fingerprint density at radius 1 is 0.744 bits per heavy atom. The Bertz CT molecular complexity index is 1380. The second-order valence-corrected chi connectivity index (χ2v) is 11.9. The third kappa shape index (κ3) is 4.98. The van der Waals surface area contributed by atoms with Crippen molar-refractivity contribution in [3.05, 3.63) is 115 Å². The summed E-state index contributed by atoms with van der Waals surface area (Å²) in [7, 11) is 0. The molecule has 0 amide bonds. The number of hydrogen-bond donors (Lipinski definition) is 0. The molecule has 0 aromatic heterocycles. The number of halogens is 4. The first kappa shape index (κ1) is 28.8. The average Bonchev–Trinajstić information content (AvgIpc) is 2.91. The van der Waals surface area contributed by atoms with Gasteiger partial charge in [0.15, 0.2) is 0 Å². The first-order valence-corrected chi connectivity index (χ1v) is 12.9. The van der Waals surface area contributed by atoms with E-state index >= 15 is 0 Å². The van der Waals surface area contributed by atoms with Crippen LogP contribution in [0.15, 0.2) is 72.8 Å². The van der Waals surface area contributed by atoms with Crippen LogP contribution < -0.4 is 0 Å². The minimum Gasteiger partial charge on any atom is -0.362 e. The predicted molar refractivity (Wildman–Crippen MR) is 145 cm³/mol. The SMILES string of the molecule is N#Cc1ccccc1C1(Cl)CC(Cl)([N+](=O)[O-])C=CC1OC1C=CC(Cl)([N+](=O)[O-])CC1(Cl)c1ccccc1C#N. The Morgan fingerprint density at radius 3 is 1.44 bits per heavy atom. The molecule has 0 saturated carbocycles. The van der Waals surface area contributed by atoms with Gasteiger partial charge in [-0.1, -0.05) is 36.4 Å². The molecule has 6 unspecified atom stereocenters. The van der Waals surface area contributed by atoms with Crippen LogP contribution in [0.3, 0.4) is 0 Å². The Balaban J connectivity index is 1.88. The van der Waals surface area contributed by atoms with Gasteiger partial charge in [0, 0.05) is 22.0 Å². The maximum absolute atomic E-state index is 11.9. The van der Waals surface area contributed by atoms with Gasteiger partial charge in [-0.05, 0) is 58.6 Å². The Hall–Kier alpha value is -3.18. The van der Waals surface area contributed by atoms with Crippen molar-refractivity contribution >= 4 is 46.4 Å². The maximum Gasteiger partial charge on any atom is 0.315 e. The largest absolute Gasteiger partial charge is 0.362 e. The second-order valence-electron chi connectivity index (χ2n) is 9.24. The lowest BCUT2D eigenvalue weighted by molar-refractivity contribution is -0.532. The maximum atomic E-state index is 11.9. The van der Waals surface area contributed by atoms with Crippen LogP contribution in [0.4, 0.5) is 0 Å². The molecule has 0 N–H and O–H groups in total. The van der Waals surface area contributed by atoms with Crippen LogP contribution in [-0.2, 0) is 14.5 Å². The van der Waals surface area contributed by atoms with Gasteiger partial charge >= 0.3 is 10.00 Å². The van der Waals surface area contributed by atoms with Crippen LogP contribution in [0, 0.1) is 42.9 Å². The van der Waals surface area contributed by atoms with Crippen molar-refractivity contribution in [1.82, 2.24) is 0 Å². The lowest BCUT2D eigenvalue weighted by Crippen LogP contribution is -2.53. The minimum atomic E-state index is -2.10. The van der Waals surface area contributed by atoms with Crippen LogP contribution >= 0.6 is 46.4 Å². The van der Waals surface area contributed by atoms with Gasteiger partial charge in [0.2, 0.25) is 0 Å². The highest BCUT2D eigenvalue weighted by Crippen LogP contribution is 2.53. The summed E-state index contributed by atoms with van der Waals surface area (Å²) in [5.41, 5.74) is 0.783. The summed E-state index contributed by atoms with van der Waals surface area (Å²) >= 11 is 26.9. The third-order valence-electron chi connectivity index (χ3n) is 6.86. The molecule has 0 fully saturated rings. The molecule has 4 rings (SSSR count). The van der Waals surface area contributed by atoms with Gasteiger partial charge in [-0.15, -0.1) is 23.2 Å². The lowest BCUT2D eigenvalue weighted by Gasteiger charge is -2.45. The Labute approximate surface area is 243 Å². The molecule has 2 aromatic rings. The van der Waals surface area contributed by atoms with Crippen molar-refractivity contribution in [3.63, 3.8) is 0 Å². The van der Waals surface area contributed by atoms with Gasteiger partial charge in [-0.3, -0.25) is 20.2 Å². The number of hydrogen-bond acceptors (Lipinski definition) is 7. The van der Waals surface area contributed by atoms with Gasteiger partial charge in [0.1, 0.15) is 22.0 Å². The third-order valence-corrected chi connectivity index (χ3v) is 8.76. The quantitative estimate of drug-likeness (QED) is 0.127. The summed E-state index contributed by atoms with van der Waals surface area (Å²) in [4.78, 5) is 14.7. The van der Waals surface area contributed by atoms with Crippen LogP contribution in [0.5, 0.6) is 0 Å².